The number of carbonyl (C=O) groups is 1. The minimum Gasteiger partial charge on any atom is -0.457 e. The molecule has 0 amide bonds. The van der Waals surface area contributed by atoms with Gasteiger partial charge in [0.25, 0.3) is 0 Å². The summed E-state index contributed by atoms with van der Waals surface area (Å²) in [5.74, 6) is 1.24. The van der Waals surface area contributed by atoms with Crippen molar-refractivity contribution in [1.82, 2.24) is 4.90 Å². The molecular weight excluding hydrogens is 490 g/mol. The Hall–Kier alpha value is -2.37. The van der Waals surface area contributed by atoms with E-state index in [4.69, 9.17) is 9.47 Å². The van der Waals surface area contributed by atoms with Gasteiger partial charge in [0.2, 0.25) is 0 Å². The van der Waals surface area contributed by atoms with Gasteiger partial charge >= 0.3 is 5.97 Å². The first-order valence-electron chi connectivity index (χ1n) is 12.3. The fraction of sp³-hybridized carbons (Fsp3) is 0.414. The average Bonchev–Trinajstić information content (AvgIpc) is 2.88. The van der Waals surface area contributed by atoms with Crippen LogP contribution < -0.4 is 4.74 Å². The van der Waals surface area contributed by atoms with Crippen LogP contribution in [0.5, 0.6) is 11.5 Å². The second-order valence-electron chi connectivity index (χ2n) is 9.97. The van der Waals surface area contributed by atoms with Crippen molar-refractivity contribution in [3.05, 3.63) is 84.0 Å². The molecule has 5 heteroatoms. The van der Waals surface area contributed by atoms with Crippen LogP contribution in [-0.4, -0.2) is 36.1 Å². The number of fused-ring (bicyclic) bond motifs is 5. The summed E-state index contributed by atoms with van der Waals surface area (Å²) < 4.78 is 13.0. The molecule has 4 heterocycles. The normalized spacial score (nSPS) is 31.1. The van der Waals surface area contributed by atoms with E-state index in [1.807, 2.05) is 48.5 Å². The van der Waals surface area contributed by atoms with Gasteiger partial charge in [0.1, 0.15) is 23.0 Å². The zero-order chi connectivity index (χ0) is 22.5. The van der Waals surface area contributed by atoms with Crippen molar-refractivity contribution in [2.45, 2.75) is 44.1 Å². The van der Waals surface area contributed by atoms with Crippen LogP contribution in [0.4, 0.5) is 0 Å². The maximum Gasteiger partial charge on any atom is 0.318 e. The molecule has 2 aromatic carbocycles. The molecule has 0 radical (unpaired) electrons. The smallest absolute Gasteiger partial charge is 0.318 e. The number of rotatable bonds is 4. The van der Waals surface area contributed by atoms with Crippen LogP contribution in [0.25, 0.3) is 0 Å². The van der Waals surface area contributed by atoms with Gasteiger partial charge in [0.15, 0.2) is 0 Å². The molecule has 2 atom stereocenters. The van der Waals surface area contributed by atoms with E-state index in [1.165, 1.54) is 0 Å². The van der Waals surface area contributed by atoms with Gasteiger partial charge in [0.05, 0.1) is 0 Å². The third-order valence-corrected chi connectivity index (χ3v) is 8.52. The first-order valence-corrected chi connectivity index (χ1v) is 12.3. The lowest BCUT2D eigenvalue weighted by molar-refractivity contribution is -0.212. The molecule has 5 aliphatic rings. The van der Waals surface area contributed by atoms with Gasteiger partial charge in [-0.25, -0.2) is 0 Å². The molecule has 0 saturated carbocycles. The predicted molar refractivity (Wildman–Crippen MR) is 139 cm³/mol. The van der Waals surface area contributed by atoms with Crippen LogP contribution in [0.15, 0.2) is 72.8 Å². The third kappa shape index (κ3) is 3.47. The van der Waals surface area contributed by atoms with E-state index in [0.717, 1.165) is 67.9 Å². The first kappa shape index (κ1) is 23.4. The monoisotopic (exact) mass is 521 g/mol. The lowest BCUT2D eigenvalue weighted by Gasteiger charge is -2.60. The molecule has 4 aliphatic heterocycles. The number of nitrogens with zero attached hydrogens (tertiary/aromatic N) is 1. The molecule has 34 heavy (non-hydrogen) atoms. The molecule has 4 nitrogen and oxygen atoms in total. The van der Waals surface area contributed by atoms with Crippen molar-refractivity contribution in [2.24, 2.45) is 11.3 Å². The number of benzene rings is 2. The molecule has 3 saturated heterocycles. The van der Waals surface area contributed by atoms with Crippen molar-refractivity contribution in [3.8, 4) is 11.5 Å². The lowest BCUT2D eigenvalue weighted by Crippen LogP contribution is -2.68. The lowest BCUT2D eigenvalue weighted by atomic mass is 9.57. The Morgan fingerprint density at radius 1 is 1.03 bits per heavy atom. The summed E-state index contributed by atoms with van der Waals surface area (Å²) in [6.45, 7) is 5.27. The van der Waals surface area contributed by atoms with Gasteiger partial charge in [-0.3, -0.25) is 9.69 Å². The molecule has 7 rings (SSSR count). The molecule has 178 valence electrons. The van der Waals surface area contributed by atoms with E-state index in [9.17, 15) is 4.79 Å². The quantitative estimate of drug-likeness (QED) is 0.435. The number of esters is 1. The predicted octanol–water partition coefficient (Wildman–Crippen LogP) is 6.42. The SMILES string of the molecule is Br.CCC1([C@@]2(OC(=O)C3c4ccccc4Oc4ccccc43)CN3CCC2CC3)C=CC=CC1. The molecule has 0 spiro atoms. The second-order valence-corrected chi connectivity index (χ2v) is 9.97. The van der Waals surface area contributed by atoms with Crippen LogP contribution in [-0.2, 0) is 9.53 Å². The molecule has 0 aromatic heterocycles. The highest BCUT2D eigenvalue weighted by atomic mass is 79.9. The Kier molecular flexibility index (Phi) is 6.19. The maximum atomic E-state index is 14.2. The van der Waals surface area contributed by atoms with Gasteiger partial charge < -0.3 is 9.47 Å². The number of ether oxygens (including phenoxy) is 2. The molecule has 1 unspecified atom stereocenters. The molecule has 2 aromatic rings. The number of piperidine rings is 3. The Bertz CT molecular complexity index is 1090. The number of halogens is 1. The van der Waals surface area contributed by atoms with Crippen molar-refractivity contribution in [2.75, 3.05) is 19.6 Å². The Labute approximate surface area is 212 Å². The van der Waals surface area contributed by atoms with E-state index in [2.05, 4.69) is 36.1 Å². The van der Waals surface area contributed by atoms with E-state index < -0.39 is 11.5 Å². The van der Waals surface area contributed by atoms with E-state index in [0.29, 0.717) is 5.92 Å². The number of carbonyl (C=O) groups excluding carboxylic acids is 1. The fourth-order valence-electron chi connectivity index (χ4n) is 6.74. The highest BCUT2D eigenvalue weighted by Gasteiger charge is 2.60. The summed E-state index contributed by atoms with van der Waals surface area (Å²) in [7, 11) is 0. The van der Waals surface area contributed by atoms with Crippen LogP contribution in [0.3, 0.4) is 0 Å². The molecule has 2 bridgehead atoms. The van der Waals surface area contributed by atoms with Crippen molar-refractivity contribution in [3.63, 3.8) is 0 Å². The van der Waals surface area contributed by atoms with Crippen molar-refractivity contribution >= 4 is 23.0 Å². The summed E-state index contributed by atoms with van der Waals surface area (Å²) >= 11 is 0. The van der Waals surface area contributed by atoms with Gasteiger partial charge in [-0.05, 0) is 50.9 Å². The standard InChI is InChI=1S/C29H31NO3.BrH/c1-2-28(16-8-3-9-17-28)29(20-30-18-14-21(29)15-19-30)33-27(31)26-22-10-4-6-12-24(22)32-25-13-7-5-11-23(25)26;/h3-13,16,21,26H,2,14-15,17-20H2,1H3;1H/t28?,29-;/m1./s1. The zero-order valence-corrected chi connectivity index (χ0v) is 21.3. The van der Waals surface area contributed by atoms with E-state index in [-0.39, 0.29) is 28.4 Å². The molecular formula is C29H32BrNO3. The van der Waals surface area contributed by atoms with Gasteiger partial charge in [-0.2, -0.15) is 0 Å². The average molecular weight is 522 g/mol. The van der Waals surface area contributed by atoms with Crippen LogP contribution in [0, 0.1) is 11.3 Å². The highest BCUT2D eigenvalue weighted by Crippen LogP contribution is 2.55. The van der Waals surface area contributed by atoms with E-state index in [1.54, 1.807) is 0 Å². The van der Waals surface area contributed by atoms with Crippen LogP contribution in [0.2, 0.25) is 0 Å². The highest BCUT2D eigenvalue weighted by molar-refractivity contribution is 8.93. The zero-order valence-electron chi connectivity index (χ0n) is 19.6. The number of allylic oxidation sites excluding steroid dienone is 3. The number of hydrogen-bond donors (Lipinski definition) is 0. The van der Waals surface area contributed by atoms with Crippen molar-refractivity contribution < 1.29 is 14.3 Å². The largest absolute Gasteiger partial charge is 0.457 e. The van der Waals surface area contributed by atoms with Gasteiger partial charge in [-0.15, -0.1) is 17.0 Å². The summed E-state index contributed by atoms with van der Waals surface area (Å²) in [5.41, 5.74) is 1.09. The first-order chi connectivity index (χ1) is 16.2. The summed E-state index contributed by atoms with van der Waals surface area (Å²) in [6.07, 6.45) is 12.9. The number of hydrogen-bond acceptors (Lipinski definition) is 4. The molecule has 0 N–H and O–H groups in total. The maximum absolute atomic E-state index is 14.2. The van der Waals surface area contributed by atoms with Crippen LogP contribution >= 0.6 is 17.0 Å². The summed E-state index contributed by atoms with van der Waals surface area (Å²) in [6, 6.07) is 15.7. The van der Waals surface area contributed by atoms with Crippen LogP contribution in [0.1, 0.15) is 49.7 Å². The van der Waals surface area contributed by atoms with Crippen molar-refractivity contribution in [1.29, 1.82) is 0 Å². The fourth-order valence-corrected chi connectivity index (χ4v) is 6.74. The van der Waals surface area contributed by atoms with Gasteiger partial charge in [-0.1, -0.05) is 67.6 Å². The van der Waals surface area contributed by atoms with Gasteiger partial charge in [0, 0.05) is 29.0 Å². The number of para-hydroxylation sites is 2. The Balaban J connectivity index is 0.00000241. The topological polar surface area (TPSA) is 38.8 Å². The minimum absolute atomic E-state index is 0. The Morgan fingerprint density at radius 3 is 2.21 bits per heavy atom. The second kappa shape index (κ2) is 9.01. The summed E-state index contributed by atoms with van der Waals surface area (Å²) in [4.78, 5) is 16.7. The Morgan fingerprint density at radius 2 is 1.68 bits per heavy atom. The molecule has 3 fully saturated rings. The van der Waals surface area contributed by atoms with E-state index >= 15 is 0 Å². The summed E-state index contributed by atoms with van der Waals surface area (Å²) in [5, 5.41) is 0. The molecule has 1 aliphatic carbocycles. The third-order valence-electron chi connectivity index (χ3n) is 8.52. The minimum atomic E-state index is -0.515.